The number of rotatable bonds is 6. The standard InChI is InChI=1S/C30H33ClF5N7O4S/c1-48(44,45)27-24(31)21-13-41(7-3-9-43(21)40-27)26-17-14-46-22(23-18(30(34,35)36)4-5-19(37)25(23)33)10-20(17)38-28(39-26)47-15-29-6-2-8-42(29)12-16(32)11-29/h4-5,16,22H,2-3,6-15,37H2,1H3/t16?,22-,29-/m0/s1. The van der Waals surface area contributed by atoms with E-state index in [1.807, 2.05) is 4.90 Å². The third-order valence-electron chi connectivity index (χ3n) is 9.68. The molecule has 0 radical (unpaired) electrons. The summed E-state index contributed by atoms with van der Waals surface area (Å²) in [4.78, 5) is 13.2. The van der Waals surface area contributed by atoms with Gasteiger partial charge in [-0.1, -0.05) is 11.6 Å². The predicted molar refractivity (Wildman–Crippen MR) is 164 cm³/mol. The first-order valence-corrected chi connectivity index (χ1v) is 17.8. The van der Waals surface area contributed by atoms with E-state index >= 15 is 4.39 Å². The lowest BCUT2D eigenvalue weighted by molar-refractivity contribution is -0.140. The van der Waals surface area contributed by atoms with Gasteiger partial charge >= 0.3 is 12.2 Å². The Morgan fingerprint density at radius 2 is 1.98 bits per heavy atom. The summed E-state index contributed by atoms with van der Waals surface area (Å²) < 4.78 is 110. The molecule has 0 saturated carbocycles. The number of hydrogen-bond acceptors (Lipinski definition) is 10. The van der Waals surface area contributed by atoms with E-state index in [-0.39, 0.29) is 47.9 Å². The molecule has 0 amide bonds. The van der Waals surface area contributed by atoms with Crippen molar-refractivity contribution in [3.8, 4) is 6.01 Å². The highest BCUT2D eigenvalue weighted by molar-refractivity contribution is 7.90. The number of nitrogens with two attached hydrogens (primary N) is 1. The molecule has 3 atom stereocenters. The number of alkyl halides is 4. The van der Waals surface area contributed by atoms with E-state index < -0.39 is 56.5 Å². The highest BCUT2D eigenvalue weighted by Gasteiger charge is 2.49. The topological polar surface area (TPSA) is 129 Å². The first-order valence-electron chi connectivity index (χ1n) is 15.5. The van der Waals surface area contributed by atoms with Crippen LogP contribution in [0.3, 0.4) is 0 Å². The zero-order valence-electron chi connectivity index (χ0n) is 25.9. The zero-order chi connectivity index (χ0) is 34.2. The van der Waals surface area contributed by atoms with Gasteiger partial charge in [0.25, 0.3) is 0 Å². The Labute approximate surface area is 278 Å². The molecule has 1 unspecified atom stereocenters. The molecule has 2 fully saturated rings. The van der Waals surface area contributed by atoms with Gasteiger partial charge in [0.15, 0.2) is 20.7 Å². The molecule has 7 rings (SSSR count). The monoisotopic (exact) mass is 717 g/mol. The van der Waals surface area contributed by atoms with E-state index in [0.29, 0.717) is 49.6 Å². The molecule has 48 heavy (non-hydrogen) atoms. The number of sulfone groups is 1. The average molecular weight is 718 g/mol. The second kappa shape index (κ2) is 11.9. The minimum Gasteiger partial charge on any atom is -0.461 e. The fraction of sp³-hybridized carbons (Fsp3) is 0.567. The summed E-state index contributed by atoms with van der Waals surface area (Å²) >= 11 is 6.53. The lowest BCUT2D eigenvalue weighted by Crippen LogP contribution is -2.43. The van der Waals surface area contributed by atoms with Crippen molar-refractivity contribution in [2.24, 2.45) is 0 Å². The van der Waals surface area contributed by atoms with Gasteiger partial charge in [-0.05, 0) is 37.9 Å². The number of nitrogens with zero attached hydrogens (tertiary/aromatic N) is 6. The molecule has 2 saturated heterocycles. The summed E-state index contributed by atoms with van der Waals surface area (Å²) in [5, 5.41) is 3.97. The molecule has 2 N–H and O–H groups in total. The minimum atomic E-state index is -4.88. The van der Waals surface area contributed by atoms with E-state index in [0.717, 1.165) is 37.8 Å². The van der Waals surface area contributed by atoms with Crippen molar-refractivity contribution >= 4 is 32.9 Å². The molecule has 11 nitrogen and oxygen atoms in total. The third kappa shape index (κ3) is 5.85. The molecule has 2 aromatic heterocycles. The number of aromatic nitrogens is 4. The number of nitrogen functional groups attached to an aromatic ring is 1. The van der Waals surface area contributed by atoms with Gasteiger partial charge in [0, 0.05) is 49.9 Å². The first-order chi connectivity index (χ1) is 22.6. The van der Waals surface area contributed by atoms with E-state index in [1.54, 1.807) is 4.68 Å². The summed E-state index contributed by atoms with van der Waals surface area (Å²) in [7, 11) is -3.72. The number of anilines is 2. The summed E-state index contributed by atoms with van der Waals surface area (Å²) in [6, 6.07) is 1.53. The van der Waals surface area contributed by atoms with E-state index in [1.165, 1.54) is 0 Å². The molecule has 1 aromatic carbocycles. The van der Waals surface area contributed by atoms with Gasteiger partial charge in [-0.2, -0.15) is 28.2 Å². The zero-order valence-corrected chi connectivity index (χ0v) is 27.4. The molecule has 3 aromatic rings. The number of aryl methyl sites for hydroxylation is 1. The predicted octanol–water partition coefficient (Wildman–Crippen LogP) is 4.65. The maximum atomic E-state index is 15.3. The number of hydrogen-bond donors (Lipinski definition) is 1. The Kier molecular flexibility index (Phi) is 8.27. The van der Waals surface area contributed by atoms with Crippen LogP contribution < -0.4 is 15.4 Å². The largest absolute Gasteiger partial charge is 0.461 e. The van der Waals surface area contributed by atoms with Gasteiger partial charge < -0.3 is 20.1 Å². The van der Waals surface area contributed by atoms with E-state index in [9.17, 15) is 26.0 Å². The highest BCUT2D eigenvalue weighted by Crippen LogP contribution is 2.44. The van der Waals surface area contributed by atoms with Crippen molar-refractivity contribution in [2.75, 3.05) is 43.1 Å². The van der Waals surface area contributed by atoms with Gasteiger partial charge in [-0.25, -0.2) is 17.2 Å². The lowest BCUT2D eigenvalue weighted by Gasteiger charge is -2.33. The van der Waals surface area contributed by atoms with E-state index in [2.05, 4.69) is 15.0 Å². The van der Waals surface area contributed by atoms with Crippen molar-refractivity contribution in [3.63, 3.8) is 0 Å². The summed E-state index contributed by atoms with van der Waals surface area (Å²) in [6.45, 7) is 1.77. The quantitative estimate of drug-likeness (QED) is 0.284. The SMILES string of the molecule is CS(=O)(=O)c1nn2c(c1Cl)CN(c1nc(OC[C@@]34CCCN3CC(F)C4)nc3c1CO[C@H](c1c(C(F)(F)F)ccc(N)c1F)C3)CCC2. The lowest BCUT2D eigenvalue weighted by atomic mass is 9.94. The van der Waals surface area contributed by atoms with Crippen LogP contribution in [0.4, 0.5) is 33.5 Å². The van der Waals surface area contributed by atoms with Crippen LogP contribution in [0.1, 0.15) is 59.9 Å². The molecular weight excluding hydrogens is 685 g/mol. The fourth-order valence-electron chi connectivity index (χ4n) is 7.44. The van der Waals surface area contributed by atoms with Crippen LogP contribution in [0.5, 0.6) is 6.01 Å². The van der Waals surface area contributed by atoms with Crippen LogP contribution in [0.25, 0.3) is 0 Å². The summed E-state index contributed by atoms with van der Waals surface area (Å²) in [5.74, 6) is -0.872. The van der Waals surface area contributed by atoms with Crippen LogP contribution in [-0.2, 0) is 46.9 Å². The van der Waals surface area contributed by atoms with E-state index in [4.69, 9.17) is 31.8 Å². The normalized spacial score (nSPS) is 24.7. The second-order valence-electron chi connectivity index (χ2n) is 12.9. The summed E-state index contributed by atoms with van der Waals surface area (Å²) in [5.41, 5.74) is 3.98. The number of ether oxygens (including phenoxy) is 2. The van der Waals surface area contributed by atoms with Crippen LogP contribution in [0.15, 0.2) is 17.2 Å². The highest BCUT2D eigenvalue weighted by atomic mass is 35.5. The van der Waals surface area contributed by atoms with Crippen molar-refractivity contribution in [1.29, 1.82) is 0 Å². The molecule has 260 valence electrons. The molecule has 6 heterocycles. The Hall–Kier alpha value is -3.28. The molecule has 18 heteroatoms. The smallest absolute Gasteiger partial charge is 0.416 e. The van der Waals surface area contributed by atoms with Crippen LogP contribution in [-0.4, -0.2) is 77.3 Å². The van der Waals surface area contributed by atoms with Crippen molar-refractivity contribution in [2.45, 2.75) is 80.8 Å². The van der Waals surface area contributed by atoms with Gasteiger partial charge in [0.1, 0.15) is 23.6 Å². The average Bonchev–Trinajstić information content (AvgIpc) is 3.58. The molecule has 4 aliphatic rings. The Bertz CT molecular complexity index is 1880. The van der Waals surface area contributed by atoms with Gasteiger partial charge in [0.2, 0.25) is 0 Å². The fourth-order valence-corrected chi connectivity index (χ4v) is 8.74. The number of halogens is 6. The summed E-state index contributed by atoms with van der Waals surface area (Å²) in [6.07, 6.45) is -4.05. The van der Waals surface area contributed by atoms with Crippen molar-refractivity contribution < 1.29 is 39.8 Å². The maximum absolute atomic E-state index is 15.3. The number of fused-ring (bicyclic) bond motifs is 3. The van der Waals surface area contributed by atoms with Gasteiger partial charge in [-0.15, -0.1) is 0 Å². The van der Waals surface area contributed by atoms with Crippen molar-refractivity contribution in [1.82, 2.24) is 24.6 Å². The molecule has 0 spiro atoms. The van der Waals surface area contributed by atoms with Gasteiger partial charge in [-0.3, -0.25) is 9.58 Å². The van der Waals surface area contributed by atoms with Crippen LogP contribution in [0.2, 0.25) is 5.02 Å². The Morgan fingerprint density at radius 1 is 1.19 bits per heavy atom. The molecule has 0 bridgehead atoms. The minimum absolute atomic E-state index is 0.0145. The van der Waals surface area contributed by atoms with Gasteiger partial charge in [0.05, 0.1) is 47.4 Å². The maximum Gasteiger partial charge on any atom is 0.416 e. The van der Waals surface area contributed by atoms with Crippen LogP contribution in [0, 0.1) is 5.82 Å². The number of benzene rings is 1. The Balaban J connectivity index is 1.28. The van der Waals surface area contributed by atoms with Crippen LogP contribution >= 0.6 is 11.6 Å². The molecular formula is C30H33ClF5N7O4S. The Morgan fingerprint density at radius 3 is 2.73 bits per heavy atom. The first kappa shape index (κ1) is 33.2. The molecule has 0 aliphatic carbocycles. The van der Waals surface area contributed by atoms with Crippen molar-refractivity contribution in [3.05, 3.63) is 51.1 Å². The second-order valence-corrected chi connectivity index (χ2v) is 15.2. The third-order valence-corrected chi connectivity index (χ3v) is 11.2. The molecule has 4 aliphatic heterocycles.